The molecule has 0 unspecified atom stereocenters. The number of carbonyl (C=O) groups excluding carboxylic acids is 1. The van der Waals surface area contributed by atoms with Crippen LogP contribution in [0.2, 0.25) is 0 Å². The highest BCUT2D eigenvalue weighted by molar-refractivity contribution is 5.93. The predicted molar refractivity (Wildman–Crippen MR) is 99.3 cm³/mol. The Morgan fingerprint density at radius 1 is 1.07 bits per heavy atom. The Morgan fingerprint density at radius 3 is 2.46 bits per heavy atom. The Kier molecular flexibility index (Phi) is 4.56. The van der Waals surface area contributed by atoms with E-state index in [1.165, 1.54) is 6.33 Å². The van der Waals surface area contributed by atoms with E-state index in [1.807, 2.05) is 0 Å². The van der Waals surface area contributed by atoms with Crippen molar-refractivity contribution < 1.29 is 19.0 Å². The van der Waals surface area contributed by atoms with E-state index in [9.17, 15) is 4.79 Å². The van der Waals surface area contributed by atoms with Crippen LogP contribution in [0.1, 0.15) is 21.7 Å². The van der Waals surface area contributed by atoms with Crippen molar-refractivity contribution in [2.45, 2.75) is 13.1 Å². The number of H-pyrrole nitrogens is 1. The number of nitrogens with one attached hydrogen (secondary N) is 1. The van der Waals surface area contributed by atoms with Crippen LogP contribution in [-0.4, -0.2) is 52.3 Å². The summed E-state index contributed by atoms with van der Waals surface area (Å²) in [7, 11) is 4.65. The van der Waals surface area contributed by atoms with Gasteiger partial charge in [-0.2, -0.15) is 5.10 Å². The lowest BCUT2D eigenvalue weighted by molar-refractivity contribution is 0.0744. The van der Waals surface area contributed by atoms with Crippen LogP contribution in [0, 0.1) is 0 Å². The highest BCUT2D eigenvalue weighted by atomic mass is 16.5. The summed E-state index contributed by atoms with van der Waals surface area (Å²) < 4.78 is 16.1. The maximum Gasteiger partial charge on any atom is 0.272 e. The minimum atomic E-state index is -0.149. The average Bonchev–Trinajstić information content (AvgIpc) is 3.39. The van der Waals surface area contributed by atoms with Crippen LogP contribution >= 0.6 is 0 Å². The number of carbonyl (C=O) groups is 1. The molecule has 3 heterocycles. The number of rotatable bonds is 5. The van der Waals surface area contributed by atoms with Gasteiger partial charge in [0.2, 0.25) is 5.75 Å². The topological polar surface area (TPSA) is 102 Å². The van der Waals surface area contributed by atoms with Crippen molar-refractivity contribution in [2.75, 3.05) is 21.3 Å². The van der Waals surface area contributed by atoms with Gasteiger partial charge in [0, 0.05) is 23.9 Å². The lowest BCUT2D eigenvalue weighted by Crippen LogP contribution is -2.25. The Labute approximate surface area is 161 Å². The number of methoxy groups -OCH3 is 3. The summed E-state index contributed by atoms with van der Waals surface area (Å²) in [5.74, 6) is 1.38. The van der Waals surface area contributed by atoms with Crippen molar-refractivity contribution in [3.05, 3.63) is 47.7 Å². The van der Waals surface area contributed by atoms with Gasteiger partial charge < -0.3 is 19.1 Å². The number of aromatic amines is 1. The summed E-state index contributed by atoms with van der Waals surface area (Å²) in [6.07, 6.45) is 3.23. The first kappa shape index (κ1) is 17.8. The van der Waals surface area contributed by atoms with Gasteiger partial charge in [-0.1, -0.05) is 0 Å². The SMILES string of the molecule is COc1cc(-c2cc(C(=O)N3Cc4cncnc4C3)[nH]n2)cc(OC)c1OC. The third-order valence-electron chi connectivity index (χ3n) is 4.64. The van der Waals surface area contributed by atoms with E-state index in [2.05, 4.69) is 20.2 Å². The normalized spacial score (nSPS) is 12.6. The molecule has 9 nitrogen and oxygen atoms in total. The number of aromatic nitrogens is 4. The molecule has 0 radical (unpaired) electrons. The van der Waals surface area contributed by atoms with Gasteiger partial charge in [-0.05, 0) is 18.2 Å². The van der Waals surface area contributed by atoms with E-state index in [0.29, 0.717) is 41.7 Å². The highest BCUT2D eigenvalue weighted by Crippen LogP contribution is 2.40. The quantitative estimate of drug-likeness (QED) is 0.721. The molecule has 9 heteroatoms. The van der Waals surface area contributed by atoms with Gasteiger partial charge in [0.1, 0.15) is 12.0 Å². The first-order valence-electron chi connectivity index (χ1n) is 8.57. The zero-order valence-electron chi connectivity index (χ0n) is 15.7. The first-order chi connectivity index (χ1) is 13.6. The summed E-state index contributed by atoms with van der Waals surface area (Å²) in [5, 5.41) is 7.10. The fourth-order valence-electron chi connectivity index (χ4n) is 3.22. The fourth-order valence-corrected chi connectivity index (χ4v) is 3.22. The second-order valence-electron chi connectivity index (χ2n) is 6.24. The zero-order valence-corrected chi connectivity index (χ0v) is 15.7. The molecule has 4 rings (SSSR count). The standard InChI is InChI=1S/C19H19N5O4/c1-26-16-4-11(5-17(27-2)18(16)28-3)13-6-14(23-22-13)19(25)24-8-12-7-20-10-21-15(12)9-24/h4-7,10H,8-9H2,1-3H3,(H,22,23). The van der Waals surface area contributed by atoms with E-state index >= 15 is 0 Å². The molecular formula is C19H19N5O4. The Hall–Kier alpha value is -3.62. The molecule has 28 heavy (non-hydrogen) atoms. The lowest BCUT2D eigenvalue weighted by Gasteiger charge is -2.13. The first-order valence-corrected chi connectivity index (χ1v) is 8.57. The summed E-state index contributed by atoms with van der Waals surface area (Å²) in [5.41, 5.74) is 3.55. The Morgan fingerprint density at radius 2 is 1.82 bits per heavy atom. The second-order valence-corrected chi connectivity index (χ2v) is 6.24. The molecule has 1 aromatic carbocycles. The summed E-state index contributed by atoms with van der Waals surface area (Å²) in [6, 6.07) is 5.28. The number of amides is 1. The van der Waals surface area contributed by atoms with Crippen LogP contribution < -0.4 is 14.2 Å². The van der Waals surface area contributed by atoms with Crippen LogP contribution in [-0.2, 0) is 13.1 Å². The highest BCUT2D eigenvalue weighted by Gasteiger charge is 2.27. The monoisotopic (exact) mass is 381 g/mol. The minimum Gasteiger partial charge on any atom is -0.493 e. The molecule has 0 bridgehead atoms. The maximum absolute atomic E-state index is 12.8. The molecule has 0 aliphatic carbocycles. The van der Waals surface area contributed by atoms with Crippen molar-refractivity contribution in [3.63, 3.8) is 0 Å². The number of hydrogen-bond donors (Lipinski definition) is 1. The molecule has 1 amide bonds. The molecule has 0 atom stereocenters. The number of fused-ring (bicyclic) bond motifs is 1. The van der Waals surface area contributed by atoms with Gasteiger partial charge in [-0.3, -0.25) is 9.89 Å². The van der Waals surface area contributed by atoms with Gasteiger partial charge in [0.05, 0.1) is 39.3 Å². The van der Waals surface area contributed by atoms with Gasteiger partial charge >= 0.3 is 0 Å². The van der Waals surface area contributed by atoms with Crippen LogP contribution in [0.3, 0.4) is 0 Å². The Bertz CT molecular complexity index is 983. The lowest BCUT2D eigenvalue weighted by atomic mass is 10.1. The number of hydrogen-bond acceptors (Lipinski definition) is 7. The summed E-state index contributed by atoms with van der Waals surface area (Å²) in [4.78, 5) is 22.8. The van der Waals surface area contributed by atoms with Crippen molar-refractivity contribution in [3.8, 4) is 28.5 Å². The molecule has 0 spiro atoms. The summed E-state index contributed by atoms with van der Waals surface area (Å²) in [6.45, 7) is 0.933. The van der Waals surface area contributed by atoms with E-state index in [1.54, 1.807) is 50.6 Å². The maximum atomic E-state index is 12.8. The van der Waals surface area contributed by atoms with E-state index in [-0.39, 0.29) is 5.91 Å². The number of nitrogens with zero attached hydrogens (tertiary/aromatic N) is 4. The fraction of sp³-hybridized carbons (Fsp3) is 0.263. The molecule has 0 saturated carbocycles. The van der Waals surface area contributed by atoms with E-state index in [4.69, 9.17) is 14.2 Å². The van der Waals surface area contributed by atoms with Crippen LogP contribution in [0.4, 0.5) is 0 Å². The molecule has 1 aliphatic heterocycles. The number of benzene rings is 1. The van der Waals surface area contributed by atoms with Crippen LogP contribution in [0.5, 0.6) is 17.2 Å². The van der Waals surface area contributed by atoms with Gasteiger partial charge in [-0.25, -0.2) is 9.97 Å². The van der Waals surface area contributed by atoms with Gasteiger partial charge in [0.15, 0.2) is 11.5 Å². The average molecular weight is 381 g/mol. The van der Waals surface area contributed by atoms with E-state index < -0.39 is 0 Å². The molecule has 0 saturated heterocycles. The molecule has 1 N–H and O–H groups in total. The predicted octanol–water partition coefficient (Wildman–Crippen LogP) is 2.05. The van der Waals surface area contributed by atoms with E-state index in [0.717, 1.165) is 16.8 Å². The van der Waals surface area contributed by atoms with Crippen molar-refractivity contribution in [1.29, 1.82) is 0 Å². The molecular weight excluding hydrogens is 362 g/mol. The van der Waals surface area contributed by atoms with Crippen molar-refractivity contribution >= 4 is 5.91 Å². The second kappa shape index (κ2) is 7.18. The molecule has 2 aromatic heterocycles. The molecule has 0 fully saturated rings. The summed E-state index contributed by atoms with van der Waals surface area (Å²) >= 11 is 0. The van der Waals surface area contributed by atoms with Crippen LogP contribution in [0.15, 0.2) is 30.7 Å². The van der Waals surface area contributed by atoms with Crippen molar-refractivity contribution in [2.24, 2.45) is 0 Å². The smallest absolute Gasteiger partial charge is 0.272 e. The minimum absolute atomic E-state index is 0.149. The molecule has 3 aromatic rings. The zero-order chi connectivity index (χ0) is 19.7. The van der Waals surface area contributed by atoms with Crippen LogP contribution in [0.25, 0.3) is 11.3 Å². The third kappa shape index (κ3) is 3.00. The largest absolute Gasteiger partial charge is 0.493 e. The molecule has 144 valence electrons. The molecule has 1 aliphatic rings. The van der Waals surface area contributed by atoms with Gasteiger partial charge in [0.25, 0.3) is 5.91 Å². The van der Waals surface area contributed by atoms with Gasteiger partial charge in [-0.15, -0.1) is 0 Å². The third-order valence-corrected chi connectivity index (χ3v) is 4.64. The Balaban J connectivity index is 1.61. The number of ether oxygens (including phenoxy) is 3. The van der Waals surface area contributed by atoms with Crippen molar-refractivity contribution in [1.82, 2.24) is 25.1 Å².